The highest BCUT2D eigenvalue weighted by molar-refractivity contribution is 6.25. The second-order valence-corrected chi connectivity index (χ2v) is 12.2. The zero-order valence-electron chi connectivity index (χ0n) is 26.6. The van der Waals surface area contributed by atoms with Crippen LogP contribution in [-0.4, -0.2) is 95.7 Å². The fourth-order valence-electron chi connectivity index (χ4n) is 6.21. The van der Waals surface area contributed by atoms with Gasteiger partial charge in [0.15, 0.2) is 0 Å². The van der Waals surface area contributed by atoms with E-state index in [-0.39, 0.29) is 60.8 Å². The van der Waals surface area contributed by atoms with Crippen molar-refractivity contribution < 1.29 is 38.4 Å². The van der Waals surface area contributed by atoms with E-state index in [1.165, 1.54) is 11.0 Å². The predicted molar refractivity (Wildman–Crippen MR) is 170 cm³/mol. The monoisotopic (exact) mass is 652 g/mol. The van der Waals surface area contributed by atoms with Gasteiger partial charge in [0.25, 0.3) is 11.8 Å². The van der Waals surface area contributed by atoms with E-state index in [1.807, 2.05) is 0 Å². The van der Waals surface area contributed by atoms with Crippen LogP contribution in [0.25, 0.3) is 0 Å². The fourth-order valence-corrected chi connectivity index (χ4v) is 6.21. The number of nitrogens with zero attached hydrogens (tertiary/aromatic N) is 2. The first-order chi connectivity index (χ1) is 22.7. The number of piperidine rings is 1. The van der Waals surface area contributed by atoms with Crippen LogP contribution in [0, 0.1) is 0 Å². The summed E-state index contributed by atoms with van der Waals surface area (Å²) in [5.41, 5.74) is 0.581. The number of carbonyl (C=O) groups excluding carboxylic acids is 8. The smallest absolute Gasteiger partial charge is 0.264 e. The molecule has 1 aromatic carbocycles. The molecular weight excluding hydrogens is 608 g/mol. The number of hydrogen-bond donors (Lipinski definition) is 4. The van der Waals surface area contributed by atoms with Crippen molar-refractivity contribution in [1.82, 2.24) is 25.8 Å². The van der Waals surface area contributed by atoms with Gasteiger partial charge in [0.1, 0.15) is 12.3 Å². The number of hydrogen-bond acceptors (Lipinski definition) is 9. The van der Waals surface area contributed by atoms with Crippen LogP contribution in [0.4, 0.5) is 5.69 Å². The van der Waals surface area contributed by atoms with Gasteiger partial charge in [-0.15, -0.1) is 0 Å². The minimum Gasteiger partial charge on any atom is -0.375 e. The number of benzene rings is 1. The van der Waals surface area contributed by atoms with Gasteiger partial charge in [-0.3, -0.25) is 43.8 Å². The van der Waals surface area contributed by atoms with E-state index in [9.17, 15) is 38.4 Å². The highest BCUT2D eigenvalue weighted by Gasteiger charge is 2.45. The fraction of sp³-hybridized carbons (Fsp3) is 0.576. The molecule has 0 saturated carbocycles. The molecule has 254 valence electrons. The third-order valence-corrected chi connectivity index (χ3v) is 8.77. The van der Waals surface area contributed by atoms with Crippen molar-refractivity contribution in [2.75, 3.05) is 31.5 Å². The van der Waals surface area contributed by atoms with E-state index >= 15 is 0 Å². The van der Waals surface area contributed by atoms with Crippen LogP contribution >= 0.6 is 0 Å². The molecular formula is C33H44N6O8. The van der Waals surface area contributed by atoms with Crippen LogP contribution in [0.2, 0.25) is 0 Å². The molecule has 0 radical (unpaired) electrons. The molecule has 4 N–H and O–H groups in total. The van der Waals surface area contributed by atoms with E-state index in [2.05, 4.69) is 21.3 Å². The summed E-state index contributed by atoms with van der Waals surface area (Å²) >= 11 is 0. The molecule has 4 rings (SSSR count). The Balaban J connectivity index is 1.02. The second-order valence-electron chi connectivity index (χ2n) is 12.2. The van der Waals surface area contributed by atoms with Crippen molar-refractivity contribution in [2.45, 2.75) is 95.6 Å². The van der Waals surface area contributed by atoms with Crippen LogP contribution in [0.5, 0.6) is 0 Å². The van der Waals surface area contributed by atoms with Gasteiger partial charge in [0, 0.05) is 31.6 Å². The van der Waals surface area contributed by atoms with Gasteiger partial charge in [-0.25, -0.2) is 0 Å². The summed E-state index contributed by atoms with van der Waals surface area (Å²) < 4.78 is 0. The van der Waals surface area contributed by atoms with Gasteiger partial charge < -0.3 is 25.6 Å². The Hall–Kier alpha value is -4.62. The first kappa shape index (κ1) is 35.2. The Labute approximate surface area is 273 Å². The van der Waals surface area contributed by atoms with Crippen molar-refractivity contribution in [3.8, 4) is 0 Å². The Morgan fingerprint density at radius 2 is 1.57 bits per heavy atom. The predicted octanol–water partition coefficient (Wildman–Crippen LogP) is 1.43. The summed E-state index contributed by atoms with van der Waals surface area (Å²) in [6.07, 6.45) is 10.4. The van der Waals surface area contributed by atoms with E-state index in [0.717, 1.165) is 69.0 Å². The first-order valence-corrected chi connectivity index (χ1v) is 16.6. The summed E-state index contributed by atoms with van der Waals surface area (Å²) in [6.45, 7) is 0.917. The number of unbranched alkanes of at least 4 members (excludes halogenated alkanes) is 7. The molecule has 3 aliphatic rings. The van der Waals surface area contributed by atoms with Gasteiger partial charge in [-0.1, -0.05) is 44.6 Å². The van der Waals surface area contributed by atoms with Crippen molar-refractivity contribution >= 4 is 53.3 Å². The average Bonchev–Trinajstić information content (AvgIpc) is 3.64. The lowest BCUT2D eigenvalue weighted by atomic mass is 10.0. The molecule has 2 unspecified atom stereocenters. The zero-order valence-corrected chi connectivity index (χ0v) is 26.6. The molecule has 0 spiro atoms. The lowest BCUT2D eigenvalue weighted by molar-refractivity contribution is -0.136. The number of nitrogens with one attached hydrogen (secondary N) is 4. The molecule has 2 fully saturated rings. The molecule has 3 aliphatic heterocycles. The van der Waals surface area contributed by atoms with Crippen molar-refractivity contribution in [3.63, 3.8) is 0 Å². The molecule has 14 nitrogen and oxygen atoms in total. The van der Waals surface area contributed by atoms with E-state index in [0.29, 0.717) is 31.6 Å². The van der Waals surface area contributed by atoms with Gasteiger partial charge in [0.05, 0.1) is 30.3 Å². The SMILES string of the molecule is O=CC1CCCN1C(=O)CNC(=O)CCCCCCCCCCNC(=O)CNc1cccc2c1C(=O)N(C1CCC(=O)NC1=O)C2=O. The maximum Gasteiger partial charge on any atom is 0.264 e. The maximum atomic E-state index is 13.2. The van der Waals surface area contributed by atoms with E-state index in [1.54, 1.807) is 12.1 Å². The summed E-state index contributed by atoms with van der Waals surface area (Å²) in [5, 5.41) is 10.6. The van der Waals surface area contributed by atoms with Gasteiger partial charge in [-0.2, -0.15) is 0 Å². The molecule has 1 aromatic rings. The summed E-state index contributed by atoms with van der Waals surface area (Å²) in [6, 6.07) is 3.28. The first-order valence-electron chi connectivity index (χ1n) is 16.6. The molecule has 47 heavy (non-hydrogen) atoms. The minimum atomic E-state index is -1.06. The quantitative estimate of drug-likeness (QED) is 0.103. The summed E-state index contributed by atoms with van der Waals surface area (Å²) in [7, 11) is 0. The van der Waals surface area contributed by atoms with Gasteiger partial charge in [-0.05, 0) is 44.2 Å². The highest BCUT2D eigenvalue weighted by atomic mass is 16.2. The number of rotatable bonds is 18. The van der Waals surface area contributed by atoms with Crippen LogP contribution < -0.4 is 21.3 Å². The number of fused-ring (bicyclic) bond motifs is 1. The third-order valence-electron chi connectivity index (χ3n) is 8.77. The molecule has 2 saturated heterocycles. The number of anilines is 1. The summed E-state index contributed by atoms with van der Waals surface area (Å²) in [5.74, 6) is -2.97. The van der Waals surface area contributed by atoms with Crippen LogP contribution in [0.3, 0.4) is 0 Å². The molecule has 0 aliphatic carbocycles. The van der Waals surface area contributed by atoms with Crippen molar-refractivity contribution in [3.05, 3.63) is 29.3 Å². The Morgan fingerprint density at radius 3 is 2.30 bits per heavy atom. The van der Waals surface area contributed by atoms with Gasteiger partial charge >= 0.3 is 0 Å². The topological polar surface area (TPSA) is 191 Å². The number of likely N-dealkylation sites (tertiary alicyclic amines) is 1. The zero-order chi connectivity index (χ0) is 33.8. The summed E-state index contributed by atoms with van der Waals surface area (Å²) in [4.78, 5) is 100.0. The number of imide groups is 2. The third kappa shape index (κ3) is 9.46. The lowest BCUT2D eigenvalue weighted by Gasteiger charge is -2.27. The maximum absolute atomic E-state index is 13.2. The molecule has 0 bridgehead atoms. The van der Waals surface area contributed by atoms with Crippen molar-refractivity contribution in [2.24, 2.45) is 0 Å². The largest absolute Gasteiger partial charge is 0.375 e. The second kappa shape index (κ2) is 17.3. The Bertz CT molecular complexity index is 1380. The van der Waals surface area contributed by atoms with Crippen LogP contribution in [0.15, 0.2) is 18.2 Å². The normalized spacial score (nSPS) is 19.0. The van der Waals surface area contributed by atoms with Crippen molar-refractivity contribution in [1.29, 1.82) is 0 Å². The minimum absolute atomic E-state index is 0.0359. The molecule has 14 heteroatoms. The Kier molecular flexibility index (Phi) is 13.0. The highest BCUT2D eigenvalue weighted by Crippen LogP contribution is 2.32. The molecule has 3 heterocycles. The van der Waals surface area contributed by atoms with Crippen LogP contribution in [0.1, 0.15) is 104 Å². The lowest BCUT2D eigenvalue weighted by Crippen LogP contribution is -2.54. The van der Waals surface area contributed by atoms with Crippen LogP contribution in [-0.2, 0) is 28.8 Å². The number of amides is 7. The number of carbonyl (C=O) groups is 8. The molecule has 2 atom stereocenters. The standard InChI is InChI=1S/C33H44N6O8/c40-21-22-11-10-18-38(22)29(44)20-36-26(41)14-7-5-3-1-2-4-6-8-17-34-28(43)19-35-24-13-9-12-23-30(24)33(47)39(32(23)46)25-15-16-27(42)37-31(25)45/h9,12-13,21-22,25,35H,1-8,10-11,14-20H2,(H,34,43)(H,36,41)(H,37,42,45). The average molecular weight is 653 g/mol. The number of aldehydes is 1. The van der Waals surface area contributed by atoms with E-state index in [4.69, 9.17) is 0 Å². The van der Waals surface area contributed by atoms with E-state index < -0.39 is 29.7 Å². The molecule has 7 amide bonds. The van der Waals surface area contributed by atoms with Gasteiger partial charge in [0.2, 0.25) is 29.5 Å². The molecule has 0 aromatic heterocycles. The Morgan fingerprint density at radius 1 is 0.851 bits per heavy atom.